The number of hydrogen-bond acceptors (Lipinski definition) is 13. The number of fused-ring (bicyclic) bond motifs is 5. The van der Waals surface area contributed by atoms with Crippen LogP contribution in [0.4, 0.5) is 4.79 Å². The minimum Gasteiger partial charge on any atom is -0.481 e. The standard InChI is InChI=1S/C31H36O14/c1-14(32)43-21-20-19(25(36)37)16(33)12-31(40,28(20,2)3)24(44-26(38)15-9-7-6-8-10-15)22-29(4,23(21)35)17(34)11-18-30(22,13-42-18)45-27(39)41-5/h6-10,16-19,22,24,33-34,40H,11-13H2,1-5H3,(H,36,37)/t16-,17-,18+,19?,22?,24-,29+,30-,31+/m0/s1. The summed E-state index contributed by atoms with van der Waals surface area (Å²) in [6.45, 7) is 4.62. The molecule has 4 aliphatic rings. The molecule has 1 aromatic carbocycles. The maximum atomic E-state index is 14.8. The Morgan fingerprint density at radius 3 is 2.22 bits per heavy atom. The van der Waals surface area contributed by atoms with Crippen LogP contribution in [-0.2, 0) is 38.1 Å². The lowest BCUT2D eigenvalue weighted by molar-refractivity contribution is -0.343. The highest BCUT2D eigenvalue weighted by molar-refractivity contribution is 6.03. The van der Waals surface area contributed by atoms with E-state index >= 15 is 0 Å². The lowest BCUT2D eigenvalue weighted by Crippen LogP contribution is -2.81. The number of Topliss-reactive ketones (excluding diaryl/α,β-unsaturated/α-hetero) is 1. The number of aliphatic carboxylic acids is 1. The van der Waals surface area contributed by atoms with Crippen LogP contribution < -0.4 is 0 Å². The zero-order chi connectivity index (χ0) is 33.3. The number of hydrogen-bond donors (Lipinski definition) is 4. The van der Waals surface area contributed by atoms with Crippen LogP contribution in [-0.4, -0.2) is 99.6 Å². The summed E-state index contributed by atoms with van der Waals surface area (Å²) in [5, 5.41) is 46.1. The second kappa shape index (κ2) is 10.9. The zero-order valence-electron chi connectivity index (χ0n) is 25.3. The second-order valence-electron chi connectivity index (χ2n) is 12.8. The first-order chi connectivity index (χ1) is 21.0. The van der Waals surface area contributed by atoms with Crippen molar-refractivity contribution in [3.05, 3.63) is 47.2 Å². The van der Waals surface area contributed by atoms with Gasteiger partial charge in [0.25, 0.3) is 0 Å². The van der Waals surface area contributed by atoms with Gasteiger partial charge in [0.15, 0.2) is 11.4 Å². The molecule has 5 rings (SSSR count). The van der Waals surface area contributed by atoms with Gasteiger partial charge >= 0.3 is 24.1 Å². The van der Waals surface area contributed by atoms with Crippen LogP contribution in [0.2, 0.25) is 0 Å². The fourth-order valence-electron chi connectivity index (χ4n) is 7.81. The Kier molecular flexibility index (Phi) is 7.88. The molecule has 2 bridgehead atoms. The van der Waals surface area contributed by atoms with Gasteiger partial charge in [0.1, 0.15) is 23.7 Å². The molecule has 0 radical (unpaired) electrons. The number of carbonyl (C=O) groups is 5. The molecule has 1 saturated heterocycles. The molecule has 3 fully saturated rings. The van der Waals surface area contributed by atoms with Crippen LogP contribution in [0.15, 0.2) is 41.7 Å². The van der Waals surface area contributed by atoms with E-state index in [2.05, 4.69) is 0 Å². The van der Waals surface area contributed by atoms with Crippen molar-refractivity contribution in [2.75, 3.05) is 13.7 Å². The van der Waals surface area contributed by atoms with Gasteiger partial charge < -0.3 is 44.1 Å². The summed E-state index contributed by atoms with van der Waals surface area (Å²) >= 11 is 0. The zero-order valence-corrected chi connectivity index (χ0v) is 25.3. The smallest absolute Gasteiger partial charge is 0.481 e. The number of methoxy groups -OCH3 is 1. The van der Waals surface area contributed by atoms with Crippen LogP contribution in [0, 0.1) is 22.7 Å². The lowest BCUT2D eigenvalue weighted by Gasteiger charge is -2.66. The highest BCUT2D eigenvalue weighted by atomic mass is 16.8. The first-order valence-corrected chi connectivity index (χ1v) is 14.4. The van der Waals surface area contributed by atoms with Crippen molar-refractivity contribution < 1.29 is 68.1 Å². The van der Waals surface area contributed by atoms with E-state index in [-0.39, 0.29) is 18.6 Å². The Morgan fingerprint density at radius 2 is 1.69 bits per heavy atom. The van der Waals surface area contributed by atoms with Crippen LogP contribution in [0.1, 0.15) is 50.9 Å². The number of aliphatic hydroxyl groups is 3. The minimum atomic E-state index is -2.43. The SMILES string of the molecule is COC(=O)O[C@@]12CO[C@@H]1C[C@H](O)[C@@]1(C)C(=O)C(OC(C)=O)=C3C(C(=O)O)[C@@H](O)C[C@@](O)([C@@H](OC(=O)c4ccccc4)C12)C3(C)C. The molecule has 3 aliphatic carbocycles. The number of carboxylic acids is 1. The summed E-state index contributed by atoms with van der Waals surface area (Å²) in [4.78, 5) is 66.3. The third-order valence-electron chi connectivity index (χ3n) is 10.2. The number of aliphatic hydroxyl groups excluding tert-OH is 2. The van der Waals surface area contributed by atoms with E-state index in [0.29, 0.717) is 0 Å². The molecule has 14 nitrogen and oxygen atoms in total. The molecule has 45 heavy (non-hydrogen) atoms. The van der Waals surface area contributed by atoms with Crippen LogP contribution in [0.3, 0.4) is 0 Å². The first kappa shape index (κ1) is 32.5. The number of ketones is 1. The van der Waals surface area contributed by atoms with Crippen molar-refractivity contribution in [1.29, 1.82) is 0 Å². The highest BCUT2D eigenvalue weighted by Crippen LogP contribution is 2.64. The quantitative estimate of drug-likeness (QED) is 0.265. The topological polar surface area (TPSA) is 212 Å². The number of ether oxygens (including phenoxy) is 5. The summed E-state index contributed by atoms with van der Waals surface area (Å²) < 4.78 is 27.8. The number of carboxylic acid groups (broad SMARTS) is 1. The third-order valence-corrected chi connectivity index (χ3v) is 10.2. The van der Waals surface area contributed by atoms with E-state index < -0.39 is 106 Å². The van der Waals surface area contributed by atoms with Gasteiger partial charge in [0.2, 0.25) is 5.78 Å². The summed E-state index contributed by atoms with van der Waals surface area (Å²) in [5.74, 6) is -8.89. The van der Waals surface area contributed by atoms with Gasteiger partial charge in [0.05, 0.1) is 42.8 Å². The predicted molar refractivity (Wildman–Crippen MR) is 148 cm³/mol. The number of allylic oxidation sites excluding steroid dienone is 1. The highest BCUT2D eigenvalue weighted by Gasteiger charge is 2.78. The van der Waals surface area contributed by atoms with E-state index in [0.717, 1.165) is 14.0 Å². The van der Waals surface area contributed by atoms with Crippen molar-refractivity contribution in [2.24, 2.45) is 22.7 Å². The Balaban J connectivity index is 1.89. The van der Waals surface area contributed by atoms with Gasteiger partial charge in [-0.15, -0.1) is 0 Å². The number of benzene rings is 1. The summed E-state index contributed by atoms with van der Waals surface area (Å²) in [5.41, 5.74) is -8.70. The second-order valence-corrected chi connectivity index (χ2v) is 12.8. The van der Waals surface area contributed by atoms with Gasteiger partial charge in [-0.3, -0.25) is 14.4 Å². The van der Waals surface area contributed by atoms with Crippen molar-refractivity contribution in [2.45, 2.75) is 76.2 Å². The minimum absolute atomic E-state index is 0.0471. The maximum Gasteiger partial charge on any atom is 0.508 e. The maximum absolute atomic E-state index is 14.8. The van der Waals surface area contributed by atoms with Crippen molar-refractivity contribution in [3.8, 4) is 0 Å². The molecule has 0 amide bonds. The molecule has 1 aromatic rings. The Bertz CT molecular complexity index is 1470. The molecule has 1 aliphatic heterocycles. The average molecular weight is 633 g/mol. The molecule has 2 unspecified atom stereocenters. The molecular formula is C31H36O14. The van der Waals surface area contributed by atoms with Crippen LogP contribution >= 0.6 is 0 Å². The van der Waals surface area contributed by atoms with Crippen molar-refractivity contribution in [1.82, 2.24) is 0 Å². The largest absolute Gasteiger partial charge is 0.508 e. The van der Waals surface area contributed by atoms with Gasteiger partial charge in [-0.25, -0.2) is 9.59 Å². The van der Waals surface area contributed by atoms with Crippen molar-refractivity contribution in [3.63, 3.8) is 0 Å². The third kappa shape index (κ3) is 4.56. The molecular weight excluding hydrogens is 596 g/mol. The molecule has 2 saturated carbocycles. The molecule has 0 spiro atoms. The van der Waals surface area contributed by atoms with Gasteiger partial charge in [0, 0.05) is 30.8 Å². The first-order valence-electron chi connectivity index (χ1n) is 14.4. The monoisotopic (exact) mass is 632 g/mol. The molecule has 244 valence electrons. The molecule has 0 aromatic heterocycles. The molecule has 4 N–H and O–H groups in total. The molecule has 9 atom stereocenters. The summed E-state index contributed by atoms with van der Waals surface area (Å²) in [6, 6.07) is 7.67. The number of rotatable bonds is 5. The predicted octanol–water partition coefficient (Wildman–Crippen LogP) is 1.14. The fraction of sp³-hybridized carbons (Fsp3) is 0.581. The lowest BCUT2D eigenvalue weighted by atomic mass is 9.45. The number of esters is 2. The fourth-order valence-corrected chi connectivity index (χ4v) is 7.81. The van der Waals surface area contributed by atoms with Gasteiger partial charge in [-0.2, -0.15) is 0 Å². The normalized spacial score (nSPS) is 38.3. The van der Waals surface area contributed by atoms with Gasteiger partial charge in [-0.1, -0.05) is 32.0 Å². The molecule has 1 heterocycles. The van der Waals surface area contributed by atoms with E-state index in [9.17, 15) is 44.4 Å². The molecule has 14 heteroatoms. The summed E-state index contributed by atoms with van der Waals surface area (Å²) in [6.07, 6.45) is -8.64. The van der Waals surface area contributed by atoms with E-state index in [1.807, 2.05) is 0 Å². The van der Waals surface area contributed by atoms with Crippen LogP contribution in [0.25, 0.3) is 0 Å². The van der Waals surface area contributed by atoms with E-state index in [1.54, 1.807) is 18.2 Å². The van der Waals surface area contributed by atoms with E-state index in [1.165, 1.54) is 32.9 Å². The Morgan fingerprint density at radius 1 is 1.04 bits per heavy atom. The Hall–Kier alpha value is -3.85. The van der Waals surface area contributed by atoms with Crippen molar-refractivity contribution >= 4 is 29.8 Å². The van der Waals surface area contributed by atoms with E-state index in [4.69, 9.17) is 23.7 Å². The number of carbonyl (C=O) groups excluding carboxylic acids is 4. The van der Waals surface area contributed by atoms with Gasteiger partial charge in [-0.05, 0) is 19.1 Å². The average Bonchev–Trinajstić information content (AvgIpc) is 2.97. The summed E-state index contributed by atoms with van der Waals surface area (Å²) in [7, 11) is 1.05. The Labute approximate surface area is 257 Å². The van der Waals surface area contributed by atoms with Crippen LogP contribution in [0.5, 0.6) is 0 Å².